The molecular formula is C20H24N2O3S. The van der Waals surface area contributed by atoms with Gasteiger partial charge < -0.3 is 15.4 Å². The van der Waals surface area contributed by atoms with Crippen LogP contribution >= 0.6 is 0 Å². The Kier molecular flexibility index (Phi) is 4.63. The van der Waals surface area contributed by atoms with Gasteiger partial charge >= 0.3 is 0 Å². The van der Waals surface area contributed by atoms with E-state index in [1.54, 1.807) is 12.1 Å². The molecule has 2 N–H and O–H groups in total. The highest BCUT2D eigenvalue weighted by Crippen LogP contribution is 2.36. The molecule has 6 heteroatoms. The Hall–Kier alpha value is -2.05. The molecule has 0 saturated carbocycles. The fraction of sp³-hybridized carbons (Fsp3) is 0.400. The molecule has 1 saturated heterocycles. The maximum absolute atomic E-state index is 11.6. The zero-order valence-corrected chi connectivity index (χ0v) is 15.7. The topological polar surface area (TPSA) is 67.4 Å². The van der Waals surface area contributed by atoms with E-state index in [1.807, 2.05) is 18.2 Å². The number of nitrogens with one attached hydrogen (secondary N) is 2. The molecule has 2 aromatic carbocycles. The predicted molar refractivity (Wildman–Crippen MR) is 103 cm³/mol. The second kappa shape index (κ2) is 6.93. The van der Waals surface area contributed by atoms with Gasteiger partial charge in [0.1, 0.15) is 12.4 Å². The van der Waals surface area contributed by atoms with Gasteiger partial charge in [-0.15, -0.1) is 0 Å². The number of rotatable bonds is 3. The Morgan fingerprint density at radius 2 is 1.69 bits per heavy atom. The highest BCUT2D eigenvalue weighted by Gasteiger charge is 2.28. The van der Waals surface area contributed by atoms with Crippen molar-refractivity contribution in [1.82, 2.24) is 5.32 Å². The molecule has 138 valence electrons. The van der Waals surface area contributed by atoms with Crippen LogP contribution in [-0.2, 0) is 9.84 Å². The largest absolute Gasteiger partial charge is 0.489 e. The maximum Gasteiger partial charge on any atom is 0.175 e. The first-order valence-electron chi connectivity index (χ1n) is 9.05. The van der Waals surface area contributed by atoms with Crippen LogP contribution in [0, 0.1) is 5.92 Å². The van der Waals surface area contributed by atoms with Crippen LogP contribution in [-0.4, -0.2) is 40.4 Å². The molecule has 0 aliphatic carbocycles. The standard InChI is InChI=1S/C20H24N2O3S/c1-26(23,24)17-5-2-14(3-6-17)16-4-7-18-20(12-16)25-13-19(22-18)15-8-10-21-11-9-15/h2-7,12,15,19,21-22H,8-11,13H2,1H3. The van der Waals surface area contributed by atoms with Gasteiger partial charge in [0.15, 0.2) is 9.84 Å². The summed E-state index contributed by atoms with van der Waals surface area (Å²) in [4.78, 5) is 0.335. The van der Waals surface area contributed by atoms with Crippen LogP contribution in [0.25, 0.3) is 11.1 Å². The molecule has 0 spiro atoms. The fourth-order valence-corrected chi connectivity index (χ4v) is 4.39. The summed E-state index contributed by atoms with van der Waals surface area (Å²) in [7, 11) is -3.17. The van der Waals surface area contributed by atoms with Crippen molar-refractivity contribution in [2.45, 2.75) is 23.8 Å². The number of sulfone groups is 1. The summed E-state index contributed by atoms with van der Waals surface area (Å²) in [6.07, 6.45) is 3.58. The minimum absolute atomic E-state index is 0.335. The van der Waals surface area contributed by atoms with Crippen molar-refractivity contribution in [1.29, 1.82) is 0 Å². The molecule has 1 fully saturated rings. The van der Waals surface area contributed by atoms with E-state index in [-0.39, 0.29) is 0 Å². The Labute approximate surface area is 154 Å². The van der Waals surface area contributed by atoms with Gasteiger partial charge in [-0.2, -0.15) is 0 Å². The third-order valence-corrected chi connectivity index (χ3v) is 6.44. The van der Waals surface area contributed by atoms with Crippen molar-refractivity contribution in [3.63, 3.8) is 0 Å². The van der Waals surface area contributed by atoms with Gasteiger partial charge in [0, 0.05) is 6.26 Å². The Balaban J connectivity index is 1.53. The summed E-state index contributed by atoms with van der Waals surface area (Å²) in [6, 6.07) is 13.5. The van der Waals surface area contributed by atoms with Crippen molar-refractivity contribution in [3.05, 3.63) is 42.5 Å². The van der Waals surface area contributed by atoms with Crippen LogP contribution in [0.5, 0.6) is 5.75 Å². The average Bonchev–Trinajstić information content (AvgIpc) is 2.67. The average molecular weight is 372 g/mol. The lowest BCUT2D eigenvalue weighted by molar-refractivity contribution is 0.220. The zero-order chi connectivity index (χ0) is 18.1. The second-order valence-corrected chi connectivity index (χ2v) is 9.17. The van der Waals surface area contributed by atoms with Gasteiger partial charge in [-0.25, -0.2) is 8.42 Å². The molecule has 26 heavy (non-hydrogen) atoms. The molecule has 2 heterocycles. The van der Waals surface area contributed by atoms with Gasteiger partial charge in [-0.1, -0.05) is 18.2 Å². The quantitative estimate of drug-likeness (QED) is 0.867. The third kappa shape index (κ3) is 3.57. The molecule has 1 atom stereocenters. The fourth-order valence-electron chi connectivity index (χ4n) is 3.76. The molecule has 2 aliphatic heterocycles. The number of hydrogen-bond donors (Lipinski definition) is 2. The van der Waals surface area contributed by atoms with E-state index in [2.05, 4.69) is 22.8 Å². The maximum atomic E-state index is 11.6. The van der Waals surface area contributed by atoms with Gasteiger partial charge in [0.05, 0.1) is 16.6 Å². The zero-order valence-electron chi connectivity index (χ0n) is 14.9. The van der Waals surface area contributed by atoms with Gasteiger partial charge in [0.2, 0.25) is 0 Å². The molecule has 4 rings (SSSR count). The molecule has 0 amide bonds. The summed E-state index contributed by atoms with van der Waals surface area (Å²) in [5.41, 5.74) is 3.03. The smallest absolute Gasteiger partial charge is 0.175 e. The second-order valence-electron chi connectivity index (χ2n) is 7.16. The van der Waals surface area contributed by atoms with Crippen LogP contribution < -0.4 is 15.4 Å². The molecule has 0 bridgehead atoms. The monoisotopic (exact) mass is 372 g/mol. The molecule has 0 radical (unpaired) electrons. The lowest BCUT2D eigenvalue weighted by Gasteiger charge is -2.35. The van der Waals surface area contributed by atoms with Gasteiger partial charge in [-0.05, 0) is 67.2 Å². The van der Waals surface area contributed by atoms with E-state index in [9.17, 15) is 8.42 Å². The van der Waals surface area contributed by atoms with Gasteiger partial charge in [0.25, 0.3) is 0 Å². The number of ether oxygens (including phenoxy) is 1. The minimum Gasteiger partial charge on any atom is -0.489 e. The highest BCUT2D eigenvalue weighted by molar-refractivity contribution is 7.90. The van der Waals surface area contributed by atoms with E-state index in [4.69, 9.17) is 4.74 Å². The SMILES string of the molecule is CS(=O)(=O)c1ccc(-c2ccc3c(c2)OCC(C2CCNCC2)N3)cc1. The third-order valence-electron chi connectivity index (χ3n) is 5.31. The number of anilines is 1. The molecule has 2 aromatic rings. The predicted octanol–water partition coefficient (Wildman–Crippen LogP) is 2.93. The highest BCUT2D eigenvalue weighted by atomic mass is 32.2. The summed E-state index contributed by atoms with van der Waals surface area (Å²) < 4.78 is 29.3. The first kappa shape index (κ1) is 17.4. The van der Waals surface area contributed by atoms with Crippen molar-refractivity contribution < 1.29 is 13.2 Å². The summed E-state index contributed by atoms with van der Waals surface area (Å²) in [5.74, 6) is 1.51. The van der Waals surface area contributed by atoms with Crippen LogP contribution in [0.2, 0.25) is 0 Å². The lowest BCUT2D eigenvalue weighted by atomic mass is 9.89. The van der Waals surface area contributed by atoms with E-state index < -0.39 is 9.84 Å². The number of piperidine rings is 1. The van der Waals surface area contributed by atoms with Crippen LogP contribution in [0.15, 0.2) is 47.4 Å². The first-order chi connectivity index (χ1) is 12.5. The lowest BCUT2D eigenvalue weighted by Crippen LogP contribution is -2.42. The number of fused-ring (bicyclic) bond motifs is 1. The van der Waals surface area contributed by atoms with Crippen molar-refractivity contribution in [3.8, 4) is 16.9 Å². The first-order valence-corrected chi connectivity index (χ1v) is 10.9. The summed E-state index contributed by atoms with van der Waals surface area (Å²) in [6.45, 7) is 2.85. The van der Waals surface area contributed by atoms with Crippen molar-refractivity contribution in [2.24, 2.45) is 5.92 Å². The summed E-state index contributed by atoms with van der Waals surface area (Å²) in [5, 5.41) is 7.05. The normalized spacial score (nSPS) is 20.7. The molecule has 0 aromatic heterocycles. The number of hydrogen-bond acceptors (Lipinski definition) is 5. The van der Waals surface area contributed by atoms with E-state index in [1.165, 1.54) is 19.1 Å². The van der Waals surface area contributed by atoms with Gasteiger partial charge in [-0.3, -0.25) is 0 Å². The van der Waals surface area contributed by atoms with E-state index in [0.29, 0.717) is 23.5 Å². The Bertz CT molecular complexity index is 888. The van der Waals surface area contributed by atoms with E-state index >= 15 is 0 Å². The number of benzene rings is 2. The minimum atomic E-state index is -3.17. The molecule has 5 nitrogen and oxygen atoms in total. The summed E-state index contributed by atoms with van der Waals surface area (Å²) >= 11 is 0. The van der Waals surface area contributed by atoms with Crippen LogP contribution in [0.4, 0.5) is 5.69 Å². The van der Waals surface area contributed by atoms with Crippen LogP contribution in [0.1, 0.15) is 12.8 Å². The van der Waals surface area contributed by atoms with Crippen molar-refractivity contribution in [2.75, 3.05) is 31.3 Å². The van der Waals surface area contributed by atoms with Crippen LogP contribution in [0.3, 0.4) is 0 Å². The molecule has 2 aliphatic rings. The molecule has 1 unspecified atom stereocenters. The van der Waals surface area contributed by atoms with E-state index in [0.717, 1.165) is 35.7 Å². The Morgan fingerprint density at radius 3 is 2.38 bits per heavy atom. The Morgan fingerprint density at radius 1 is 1.00 bits per heavy atom. The van der Waals surface area contributed by atoms with Crippen molar-refractivity contribution >= 4 is 15.5 Å². The molecular weight excluding hydrogens is 348 g/mol.